The monoisotopic (exact) mass is 336 g/mol. The Labute approximate surface area is 141 Å². The van der Waals surface area contributed by atoms with Gasteiger partial charge in [0.05, 0.1) is 12.8 Å². The number of amides is 2. The molecule has 0 radical (unpaired) electrons. The Kier molecular flexibility index (Phi) is 5.61. The first-order valence-corrected chi connectivity index (χ1v) is 7.88. The van der Waals surface area contributed by atoms with Crippen molar-refractivity contribution in [1.29, 1.82) is 0 Å². The van der Waals surface area contributed by atoms with Gasteiger partial charge in [-0.15, -0.1) is 0 Å². The SMILES string of the molecule is COC(=O)c1[nH]c(C)cc1NC(=O)C(=O)N1CCC(N(C)C)CC1. The Hall–Kier alpha value is -2.35. The van der Waals surface area contributed by atoms with E-state index in [1.165, 1.54) is 7.11 Å². The summed E-state index contributed by atoms with van der Waals surface area (Å²) >= 11 is 0. The van der Waals surface area contributed by atoms with E-state index in [4.69, 9.17) is 0 Å². The molecule has 0 aromatic carbocycles. The van der Waals surface area contributed by atoms with Crippen molar-refractivity contribution in [2.45, 2.75) is 25.8 Å². The molecule has 2 N–H and O–H groups in total. The Bertz CT molecular complexity index is 630. The number of rotatable bonds is 3. The van der Waals surface area contributed by atoms with Crippen molar-refractivity contribution in [3.8, 4) is 0 Å². The van der Waals surface area contributed by atoms with E-state index in [0.717, 1.165) is 12.8 Å². The predicted molar refractivity (Wildman–Crippen MR) is 88.8 cm³/mol. The summed E-state index contributed by atoms with van der Waals surface area (Å²) in [5, 5.41) is 2.50. The lowest BCUT2D eigenvalue weighted by molar-refractivity contribution is -0.144. The minimum atomic E-state index is -0.748. The van der Waals surface area contributed by atoms with Gasteiger partial charge in [0.15, 0.2) is 0 Å². The van der Waals surface area contributed by atoms with Gasteiger partial charge in [-0.25, -0.2) is 4.79 Å². The third kappa shape index (κ3) is 3.94. The molecule has 1 aliphatic heterocycles. The fraction of sp³-hybridized carbons (Fsp3) is 0.562. The van der Waals surface area contributed by atoms with Crippen molar-refractivity contribution in [2.75, 3.05) is 39.6 Å². The molecule has 2 heterocycles. The van der Waals surface area contributed by atoms with Crippen LogP contribution < -0.4 is 5.32 Å². The Morgan fingerprint density at radius 2 is 1.92 bits per heavy atom. The van der Waals surface area contributed by atoms with Gasteiger partial charge in [0.2, 0.25) is 0 Å². The van der Waals surface area contributed by atoms with E-state index in [-0.39, 0.29) is 11.4 Å². The van der Waals surface area contributed by atoms with Crippen molar-refractivity contribution in [3.63, 3.8) is 0 Å². The fourth-order valence-corrected chi connectivity index (χ4v) is 2.86. The number of likely N-dealkylation sites (tertiary alicyclic amines) is 1. The third-order valence-electron chi connectivity index (χ3n) is 4.27. The fourth-order valence-electron chi connectivity index (χ4n) is 2.86. The number of nitrogens with zero attached hydrogens (tertiary/aromatic N) is 2. The van der Waals surface area contributed by atoms with Crippen LogP contribution in [0.2, 0.25) is 0 Å². The lowest BCUT2D eigenvalue weighted by Crippen LogP contribution is -2.47. The highest BCUT2D eigenvalue weighted by atomic mass is 16.5. The lowest BCUT2D eigenvalue weighted by atomic mass is 10.0. The van der Waals surface area contributed by atoms with E-state index in [1.807, 2.05) is 14.1 Å². The number of piperidine rings is 1. The normalized spacial score (nSPS) is 15.5. The number of H-pyrrole nitrogens is 1. The van der Waals surface area contributed by atoms with E-state index in [0.29, 0.717) is 24.8 Å². The summed E-state index contributed by atoms with van der Waals surface area (Å²) in [6.45, 7) is 2.84. The maximum atomic E-state index is 12.3. The summed E-state index contributed by atoms with van der Waals surface area (Å²) in [6.07, 6.45) is 1.67. The molecule has 0 unspecified atom stereocenters. The van der Waals surface area contributed by atoms with Crippen LogP contribution in [0, 0.1) is 6.92 Å². The molecule has 1 saturated heterocycles. The number of aromatic nitrogens is 1. The van der Waals surface area contributed by atoms with Crippen LogP contribution in [0.25, 0.3) is 0 Å². The number of hydrogen-bond acceptors (Lipinski definition) is 5. The molecule has 1 aromatic heterocycles. The first-order valence-electron chi connectivity index (χ1n) is 7.88. The number of aromatic amines is 1. The first kappa shape index (κ1) is 18.0. The average Bonchev–Trinajstić information content (AvgIpc) is 2.93. The Morgan fingerprint density at radius 3 is 2.46 bits per heavy atom. The molecule has 2 rings (SSSR count). The first-order chi connectivity index (χ1) is 11.3. The van der Waals surface area contributed by atoms with Crippen molar-refractivity contribution in [3.05, 3.63) is 17.5 Å². The van der Waals surface area contributed by atoms with Gasteiger partial charge >= 0.3 is 17.8 Å². The van der Waals surface area contributed by atoms with Crippen LogP contribution in [-0.2, 0) is 14.3 Å². The largest absolute Gasteiger partial charge is 0.464 e. The number of aryl methyl sites for hydroxylation is 1. The molecule has 0 spiro atoms. The molecule has 24 heavy (non-hydrogen) atoms. The van der Waals surface area contributed by atoms with Crippen molar-refractivity contribution in [1.82, 2.24) is 14.8 Å². The van der Waals surface area contributed by atoms with E-state index in [1.54, 1.807) is 17.9 Å². The molecule has 2 amide bonds. The molecule has 0 saturated carbocycles. The summed E-state index contributed by atoms with van der Waals surface area (Å²) in [7, 11) is 5.28. The van der Waals surface area contributed by atoms with Crippen LogP contribution in [-0.4, -0.2) is 72.9 Å². The number of carbonyl (C=O) groups is 3. The zero-order valence-electron chi connectivity index (χ0n) is 14.5. The van der Waals surface area contributed by atoms with Crippen LogP contribution >= 0.6 is 0 Å². The lowest BCUT2D eigenvalue weighted by Gasteiger charge is -2.34. The number of methoxy groups -OCH3 is 1. The summed E-state index contributed by atoms with van der Waals surface area (Å²) in [5.74, 6) is -1.93. The quantitative estimate of drug-likeness (QED) is 0.623. The highest BCUT2D eigenvalue weighted by Gasteiger charge is 2.28. The predicted octanol–water partition coefficient (Wildman–Crippen LogP) is 0.601. The van der Waals surface area contributed by atoms with Crippen molar-refractivity contribution < 1.29 is 19.1 Å². The number of nitrogens with one attached hydrogen (secondary N) is 2. The van der Waals surface area contributed by atoms with Crippen LogP contribution in [0.1, 0.15) is 29.0 Å². The number of ether oxygens (including phenoxy) is 1. The number of esters is 1. The molecule has 1 aromatic rings. The van der Waals surface area contributed by atoms with Gasteiger partial charge in [-0.05, 0) is 39.9 Å². The van der Waals surface area contributed by atoms with E-state index in [2.05, 4.69) is 19.9 Å². The van der Waals surface area contributed by atoms with Gasteiger partial charge in [0.1, 0.15) is 5.69 Å². The van der Waals surface area contributed by atoms with Crippen LogP contribution in [0.4, 0.5) is 5.69 Å². The van der Waals surface area contributed by atoms with Crippen LogP contribution in [0.5, 0.6) is 0 Å². The second kappa shape index (κ2) is 7.48. The minimum Gasteiger partial charge on any atom is -0.464 e. The maximum Gasteiger partial charge on any atom is 0.356 e. The molecule has 0 bridgehead atoms. The molecule has 132 valence electrons. The van der Waals surface area contributed by atoms with Gasteiger partial charge in [0, 0.05) is 24.8 Å². The van der Waals surface area contributed by atoms with E-state index in [9.17, 15) is 14.4 Å². The highest BCUT2D eigenvalue weighted by Crippen LogP contribution is 2.19. The zero-order chi connectivity index (χ0) is 17.9. The zero-order valence-corrected chi connectivity index (χ0v) is 14.5. The molecule has 1 aliphatic rings. The standard InChI is InChI=1S/C16H24N4O4/c1-10-9-12(13(17-10)16(23)24-4)18-14(21)15(22)20-7-5-11(6-8-20)19(2)3/h9,11,17H,5-8H2,1-4H3,(H,18,21). The molecular formula is C16H24N4O4. The van der Waals surface area contributed by atoms with Gasteiger partial charge < -0.3 is 24.8 Å². The minimum absolute atomic E-state index is 0.127. The number of anilines is 1. The highest BCUT2D eigenvalue weighted by molar-refractivity contribution is 6.39. The van der Waals surface area contributed by atoms with E-state index < -0.39 is 17.8 Å². The Morgan fingerprint density at radius 1 is 1.29 bits per heavy atom. The summed E-state index contributed by atoms with van der Waals surface area (Å²) in [6, 6.07) is 2.02. The molecule has 0 aliphatic carbocycles. The summed E-state index contributed by atoms with van der Waals surface area (Å²) in [5.41, 5.74) is 1.06. The third-order valence-corrected chi connectivity index (χ3v) is 4.27. The van der Waals surface area contributed by atoms with Gasteiger partial charge in [-0.2, -0.15) is 0 Å². The summed E-state index contributed by atoms with van der Waals surface area (Å²) in [4.78, 5) is 42.7. The Balaban J connectivity index is 2.00. The smallest absolute Gasteiger partial charge is 0.356 e. The van der Waals surface area contributed by atoms with E-state index >= 15 is 0 Å². The topological polar surface area (TPSA) is 94.7 Å². The number of carbonyl (C=O) groups excluding carboxylic acids is 3. The van der Waals surface area contributed by atoms with Crippen LogP contribution in [0.15, 0.2) is 6.07 Å². The molecule has 8 nitrogen and oxygen atoms in total. The van der Waals surface area contributed by atoms with Gasteiger partial charge in [0.25, 0.3) is 0 Å². The van der Waals surface area contributed by atoms with Crippen molar-refractivity contribution in [2.24, 2.45) is 0 Å². The summed E-state index contributed by atoms with van der Waals surface area (Å²) < 4.78 is 4.66. The maximum absolute atomic E-state index is 12.3. The molecule has 8 heteroatoms. The van der Waals surface area contributed by atoms with Gasteiger partial charge in [-0.3, -0.25) is 9.59 Å². The van der Waals surface area contributed by atoms with Crippen LogP contribution in [0.3, 0.4) is 0 Å². The average molecular weight is 336 g/mol. The number of hydrogen-bond donors (Lipinski definition) is 2. The molecule has 1 fully saturated rings. The molecule has 0 atom stereocenters. The second-order valence-corrected chi connectivity index (χ2v) is 6.17. The van der Waals surface area contributed by atoms with Crippen molar-refractivity contribution >= 4 is 23.5 Å². The second-order valence-electron chi connectivity index (χ2n) is 6.17. The van der Waals surface area contributed by atoms with Gasteiger partial charge in [-0.1, -0.05) is 0 Å². The molecular weight excluding hydrogens is 312 g/mol.